The highest BCUT2D eigenvalue weighted by atomic mass is 79.9. The number of halogens is 2. The summed E-state index contributed by atoms with van der Waals surface area (Å²) in [5.74, 6) is -0.485. The summed E-state index contributed by atoms with van der Waals surface area (Å²) in [6.45, 7) is 3.08. The smallest absolute Gasteiger partial charge is 0.326 e. The van der Waals surface area contributed by atoms with Crippen LogP contribution in [0.4, 0.5) is 5.69 Å². The summed E-state index contributed by atoms with van der Waals surface area (Å²) in [6.07, 6.45) is 5.40. The minimum absolute atomic E-state index is 0.485. The van der Waals surface area contributed by atoms with E-state index in [9.17, 15) is 13.0 Å². The minimum Gasteiger partial charge on any atom is -0.335 e. The van der Waals surface area contributed by atoms with Gasteiger partial charge in [-0.1, -0.05) is 74.7 Å². The van der Waals surface area contributed by atoms with Crippen molar-refractivity contribution in [3.05, 3.63) is 55.4 Å². The van der Waals surface area contributed by atoms with Crippen LogP contribution >= 0.6 is 55.0 Å². The van der Waals surface area contributed by atoms with Gasteiger partial charge in [-0.3, -0.25) is 4.55 Å². The van der Waals surface area contributed by atoms with Gasteiger partial charge in [0.25, 0.3) is 10.9 Å². The number of nitrogens with zero attached hydrogens (tertiary/aromatic N) is 2. The van der Waals surface area contributed by atoms with Gasteiger partial charge in [-0.05, 0) is 36.8 Å². The number of hydrogen-bond acceptors (Lipinski definition) is 5. The Morgan fingerprint density at radius 2 is 1.87 bits per heavy atom. The molecule has 0 radical (unpaired) electrons. The molecule has 0 atom stereocenters. The molecule has 1 aliphatic rings. The molecule has 0 unspecified atom stereocenters. The molecular formula is C21H21Br2N2O3S3+. The van der Waals surface area contributed by atoms with Gasteiger partial charge >= 0.3 is 10.1 Å². The summed E-state index contributed by atoms with van der Waals surface area (Å²) in [6, 6.07) is 12.0. The first kappa shape index (κ1) is 23.3. The average molecular weight is 605 g/mol. The second kappa shape index (κ2) is 9.52. The van der Waals surface area contributed by atoms with Crippen LogP contribution in [-0.2, 0) is 16.0 Å². The number of fused-ring (bicyclic) bond motifs is 2. The van der Waals surface area contributed by atoms with E-state index in [0.29, 0.717) is 0 Å². The van der Waals surface area contributed by atoms with Crippen molar-refractivity contribution in [1.82, 2.24) is 0 Å². The van der Waals surface area contributed by atoms with Gasteiger partial charge in [0.1, 0.15) is 4.70 Å². The summed E-state index contributed by atoms with van der Waals surface area (Å²) >= 11 is 10.2. The maximum atomic E-state index is 11.8. The third-order valence-corrected chi connectivity index (χ3v) is 8.71. The number of hydrogen-bond donors (Lipinski definition) is 1. The predicted octanol–water partition coefficient (Wildman–Crippen LogP) is 6.66. The maximum Gasteiger partial charge on any atom is 0.326 e. The second-order valence-electron chi connectivity index (χ2n) is 7.25. The van der Waals surface area contributed by atoms with Gasteiger partial charge in [0.2, 0.25) is 5.52 Å². The molecular weight excluding hydrogens is 584 g/mol. The van der Waals surface area contributed by atoms with Crippen molar-refractivity contribution in [1.29, 1.82) is 0 Å². The van der Waals surface area contributed by atoms with Crippen molar-refractivity contribution in [3.8, 4) is 0 Å². The Balaban J connectivity index is 1.81. The van der Waals surface area contributed by atoms with E-state index in [1.54, 1.807) is 16.3 Å². The fourth-order valence-corrected chi connectivity index (χ4v) is 7.16. The Morgan fingerprint density at radius 3 is 2.61 bits per heavy atom. The molecule has 1 aliphatic heterocycles. The lowest BCUT2D eigenvalue weighted by molar-refractivity contribution is -0.649. The maximum absolute atomic E-state index is 11.8. The van der Waals surface area contributed by atoms with Crippen LogP contribution in [0.15, 0.2) is 55.3 Å². The van der Waals surface area contributed by atoms with Crippen LogP contribution in [0.2, 0.25) is 0 Å². The molecule has 164 valence electrons. The molecule has 0 aliphatic carbocycles. The van der Waals surface area contributed by atoms with E-state index in [2.05, 4.69) is 55.8 Å². The van der Waals surface area contributed by atoms with Crippen LogP contribution in [0.5, 0.6) is 0 Å². The topological polar surface area (TPSA) is 61.5 Å². The molecule has 0 bridgehead atoms. The van der Waals surface area contributed by atoms with Crippen LogP contribution in [0.3, 0.4) is 0 Å². The van der Waals surface area contributed by atoms with Crippen molar-refractivity contribution in [2.45, 2.75) is 37.0 Å². The molecule has 0 fully saturated rings. The normalized spacial score (nSPS) is 15.2. The summed E-state index contributed by atoms with van der Waals surface area (Å²) < 4.78 is 37.6. The van der Waals surface area contributed by atoms with Crippen molar-refractivity contribution in [2.24, 2.45) is 0 Å². The first-order chi connectivity index (χ1) is 14.7. The summed E-state index contributed by atoms with van der Waals surface area (Å²) in [7, 11) is -4.20. The van der Waals surface area contributed by atoms with E-state index in [1.807, 2.05) is 30.3 Å². The Bertz CT molecular complexity index is 1270. The highest BCUT2D eigenvalue weighted by molar-refractivity contribution is 9.10. The van der Waals surface area contributed by atoms with Gasteiger partial charge in [-0.2, -0.15) is 13.0 Å². The molecule has 2 aromatic carbocycles. The fourth-order valence-electron chi connectivity index (χ4n) is 3.52. The van der Waals surface area contributed by atoms with E-state index in [1.165, 1.54) is 16.2 Å². The van der Waals surface area contributed by atoms with Gasteiger partial charge < -0.3 is 4.90 Å². The molecule has 3 aromatic rings. The van der Waals surface area contributed by atoms with Crippen LogP contribution in [0.1, 0.15) is 31.2 Å². The number of aromatic nitrogens is 1. The largest absolute Gasteiger partial charge is 0.335 e. The molecule has 5 nitrogen and oxygen atoms in total. The Hall–Kier alpha value is -0.910. The van der Waals surface area contributed by atoms with Gasteiger partial charge in [-0.15, -0.1) is 0 Å². The Kier molecular flexibility index (Phi) is 7.15. The number of rotatable bonds is 7. The number of benzene rings is 2. The molecule has 1 N–H and O–H groups in total. The van der Waals surface area contributed by atoms with E-state index >= 15 is 0 Å². The van der Waals surface area contributed by atoms with Crippen molar-refractivity contribution in [2.75, 3.05) is 11.4 Å². The van der Waals surface area contributed by atoms with Gasteiger partial charge in [0.05, 0.1) is 16.8 Å². The zero-order valence-electron chi connectivity index (χ0n) is 16.7. The lowest BCUT2D eigenvalue weighted by Crippen LogP contribution is -2.39. The highest BCUT2D eigenvalue weighted by Gasteiger charge is 2.29. The number of anilines is 1. The first-order valence-corrected chi connectivity index (χ1v) is 14.6. The van der Waals surface area contributed by atoms with E-state index in [-0.39, 0.29) is 0 Å². The monoisotopic (exact) mass is 603 g/mol. The molecule has 1 aromatic heterocycles. The third-order valence-electron chi connectivity index (χ3n) is 4.91. The SMILES string of the molecule is CCCCCN1C(=Cc2sc3ccc(Br)cc3[n+]2CS(=O)(=O)O)Sc2ccc(Br)cc21. The summed E-state index contributed by atoms with van der Waals surface area (Å²) in [4.78, 5) is 3.48. The summed E-state index contributed by atoms with van der Waals surface area (Å²) in [5, 5.41) is 1.83. The Labute approximate surface area is 207 Å². The molecule has 0 saturated carbocycles. The number of unbranched alkanes of at least 4 members (excludes halogenated alkanes) is 2. The van der Waals surface area contributed by atoms with Crippen LogP contribution < -0.4 is 9.47 Å². The van der Waals surface area contributed by atoms with E-state index < -0.39 is 16.0 Å². The average Bonchev–Trinajstić information content (AvgIpc) is 3.19. The first-order valence-electron chi connectivity index (χ1n) is 9.79. The number of thioether (sulfide) groups is 1. The van der Waals surface area contributed by atoms with Crippen molar-refractivity contribution < 1.29 is 17.5 Å². The van der Waals surface area contributed by atoms with E-state index in [0.717, 1.165) is 60.7 Å². The molecule has 0 amide bonds. The summed E-state index contributed by atoms with van der Waals surface area (Å²) in [5.41, 5.74) is 1.93. The molecule has 2 heterocycles. The fraction of sp³-hybridized carbons (Fsp3) is 0.286. The van der Waals surface area contributed by atoms with Crippen LogP contribution in [0.25, 0.3) is 16.3 Å². The lowest BCUT2D eigenvalue weighted by Gasteiger charge is -2.20. The lowest BCUT2D eigenvalue weighted by atomic mass is 10.2. The van der Waals surface area contributed by atoms with Gasteiger partial charge in [0.15, 0.2) is 0 Å². The highest BCUT2D eigenvalue weighted by Crippen LogP contribution is 2.48. The van der Waals surface area contributed by atoms with Crippen LogP contribution in [-0.4, -0.2) is 19.5 Å². The molecule has 31 heavy (non-hydrogen) atoms. The van der Waals surface area contributed by atoms with Crippen LogP contribution in [0, 0.1) is 0 Å². The van der Waals surface area contributed by atoms with Gasteiger partial charge in [-0.25, -0.2) is 0 Å². The van der Waals surface area contributed by atoms with E-state index in [4.69, 9.17) is 0 Å². The second-order valence-corrected chi connectivity index (χ2v) is 12.6. The molecule has 4 rings (SSSR count). The zero-order valence-corrected chi connectivity index (χ0v) is 22.3. The zero-order chi connectivity index (χ0) is 22.2. The molecule has 10 heteroatoms. The quantitative estimate of drug-likeness (QED) is 0.186. The third kappa shape index (κ3) is 5.36. The van der Waals surface area contributed by atoms with Crippen molar-refractivity contribution >= 4 is 87.1 Å². The predicted molar refractivity (Wildman–Crippen MR) is 136 cm³/mol. The van der Waals surface area contributed by atoms with Gasteiger partial charge in [0, 0.05) is 26.5 Å². The molecule has 0 spiro atoms. The Morgan fingerprint density at radius 1 is 1.13 bits per heavy atom. The standard InChI is InChI=1S/C21H20Br2N2O3S3/c1-2-3-4-9-24-16-10-14(22)5-7-18(16)29-20(24)12-21-25(13-31(26,27)28)17-11-15(23)6-8-19(17)30-21/h5-8,10-12H,2-4,9,13H2,1H3/p+1. The van der Waals surface area contributed by atoms with Crippen molar-refractivity contribution in [3.63, 3.8) is 0 Å². The number of thiazole rings is 1. The minimum atomic E-state index is -4.20. The molecule has 0 saturated heterocycles.